The number of carbonyl (C=O) groups is 1. The molecule has 0 atom stereocenters. The molecule has 122 valence electrons. The highest BCUT2D eigenvalue weighted by Crippen LogP contribution is 2.18. The number of aromatic nitrogens is 2. The fraction of sp³-hybridized carbons (Fsp3) is 0.118. The molecule has 0 amide bonds. The van der Waals surface area contributed by atoms with Crippen LogP contribution in [0.2, 0.25) is 5.15 Å². The van der Waals surface area contributed by atoms with E-state index in [0.717, 1.165) is 11.3 Å². The molecule has 1 N–H and O–H groups in total. The van der Waals surface area contributed by atoms with Crippen molar-refractivity contribution in [3.63, 3.8) is 0 Å². The van der Waals surface area contributed by atoms with Gasteiger partial charge in [0.2, 0.25) is 0 Å². The van der Waals surface area contributed by atoms with Crippen LogP contribution >= 0.6 is 11.6 Å². The predicted octanol–water partition coefficient (Wildman–Crippen LogP) is 2.81. The Kier molecular flexibility index (Phi) is 4.22. The molecule has 0 fully saturated rings. The Bertz CT molecular complexity index is 980. The third-order valence-corrected chi connectivity index (χ3v) is 3.90. The second-order valence-corrected chi connectivity index (χ2v) is 5.51. The van der Waals surface area contributed by atoms with E-state index in [1.165, 1.54) is 16.7 Å². The number of carboxylic acid groups (broad SMARTS) is 1. The molecule has 0 saturated carbocycles. The van der Waals surface area contributed by atoms with Gasteiger partial charge in [0.1, 0.15) is 5.75 Å². The number of nitrogens with zero attached hydrogens (tertiary/aromatic N) is 2. The first kappa shape index (κ1) is 16.0. The summed E-state index contributed by atoms with van der Waals surface area (Å²) in [7, 11) is 1.58. The Balaban J connectivity index is 2.12. The minimum absolute atomic E-state index is 0.0840. The van der Waals surface area contributed by atoms with Gasteiger partial charge in [-0.2, -0.15) is 0 Å². The van der Waals surface area contributed by atoms with Crippen molar-refractivity contribution in [2.24, 2.45) is 0 Å². The Hall–Kier alpha value is -2.86. The molecule has 2 aromatic carbocycles. The van der Waals surface area contributed by atoms with Crippen LogP contribution in [0.3, 0.4) is 0 Å². The molecule has 3 rings (SSSR count). The van der Waals surface area contributed by atoms with E-state index in [1.54, 1.807) is 25.3 Å². The molecular formula is C17H13ClN2O4. The van der Waals surface area contributed by atoms with Crippen LogP contribution in [0.5, 0.6) is 5.75 Å². The number of hydrogen-bond donors (Lipinski definition) is 1. The average molecular weight is 345 g/mol. The highest BCUT2D eigenvalue weighted by molar-refractivity contribution is 6.29. The highest BCUT2D eigenvalue weighted by Gasteiger charge is 2.12. The molecule has 1 heterocycles. The Labute approximate surface area is 141 Å². The van der Waals surface area contributed by atoms with E-state index >= 15 is 0 Å². The lowest BCUT2D eigenvalue weighted by molar-refractivity contribution is 0.0697. The molecule has 6 nitrogen and oxygen atoms in total. The van der Waals surface area contributed by atoms with Crippen molar-refractivity contribution in [2.45, 2.75) is 6.54 Å². The molecule has 7 heteroatoms. The molecule has 24 heavy (non-hydrogen) atoms. The van der Waals surface area contributed by atoms with Crippen LogP contribution in [0.4, 0.5) is 0 Å². The molecule has 0 saturated heterocycles. The van der Waals surface area contributed by atoms with Crippen LogP contribution in [0, 0.1) is 0 Å². The summed E-state index contributed by atoms with van der Waals surface area (Å²) >= 11 is 5.93. The van der Waals surface area contributed by atoms with Crippen molar-refractivity contribution in [2.75, 3.05) is 7.11 Å². The van der Waals surface area contributed by atoms with Crippen LogP contribution in [0.1, 0.15) is 15.9 Å². The van der Waals surface area contributed by atoms with Crippen LogP contribution in [-0.4, -0.2) is 27.7 Å². The largest absolute Gasteiger partial charge is 0.497 e. The van der Waals surface area contributed by atoms with Gasteiger partial charge in [-0.15, -0.1) is 0 Å². The third-order valence-electron chi connectivity index (χ3n) is 3.65. The van der Waals surface area contributed by atoms with Gasteiger partial charge in [-0.05, 0) is 35.9 Å². The number of carboxylic acids is 1. The number of hydrogen-bond acceptors (Lipinski definition) is 4. The fourth-order valence-electron chi connectivity index (χ4n) is 2.42. The van der Waals surface area contributed by atoms with Crippen molar-refractivity contribution in [1.29, 1.82) is 0 Å². The normalized spacial score (nSPS) is 10.8. The van der Waals surface area contributed by atoms with Crippen molar-refractivity contribution in [1.82, 2.24) is 9.55 Å². The van der Waals surface area contributed by atoms with Gasteiger partial charge in [0, 0.05) is 0 Å². The number of aromatic carboxylic acids is 1. The maximum Gasteiger partial charge on any atom is 0.335 e. The summed E-state index contributed by atoms with van der Waals surface area (Å²) in [5, 5.41) is 8.89. The first-order chi connectivity index (χ1) is 11.5. The monoisotopic (exact) mass is 344 g/mol. The Morgan fingerprint density at radius 2 is 1.96 bits per heavy atom. The standard InChI is InChI=1S/C17H13ClN2O4/c1-24-12-5-2-10(3-6-12)9-20-14-7-4-11(17(22)23)8-13(14)19-15(18)16(20)21/h2-8H,9H2,1H3,(H,22,23). The second-order valence-electron chi connectivity index (χ2n) is 5.15. The maximum absolute atomic E-state index is 12.4. The number of benzene rings is 2. The van der Waals surface area contributed by atoms with Crippen molar-refractivity contribution in [3.05, 3.63) is 69.1 Å². The molecule has 0 radical (unpaired) electrons. The van der Waals surface area contributed by atoms with Crippen molar-refractivity contribution >= 4 is 28.6 Å². The molecule has 0 aliphatic heterocycles. The smallest absolute Gasteiger partial charge is 0.335 e. The zero-order chi connectivity index (χ0) is 17.3. The van der Waals surface area contributed by atoms with Crippen LogP contribution in [-0.2, 0) is 6.54 Å². The number of fused-ring (bicyclic) bond motifs is 1. The lowest BCUT2D eigenvalue weighted by Gasteiger charge is -2.11. The lowest BCUT2D eigenvalue weighted by Crippen LogP contribution is -2.23. The summed E-state index contributed by atoms with van der Waals surface area (Å²) in [6.07, 6.45) is 0. The topological polar surface area (TPSA) is 81.4 Å². The van der Waals surface area contributed by atoms with Gasteiger partial charge in [0.05, 0.1) is 30.3 Å². The lowest BCUT2D eigenvalue weighted by atomic mass is 10.1. The average Bonchev–Trinajstić information content (AvgIpc) is 2.59. The van der Waals surface area contributed by atoms with Gasteiger partial charge < -0.3 is 9.84 Å². The molecule has 1 aromatic heterocycles. The van der Waals surface area contributed by atoms with Gasteiger partial charge in [0.25, 0.3) is 5.56 Å². The maximum atomic E-state index is 12.4. The zero-order valence-electron chi connectivity index (χ0n) is 12.7. The summed E-state index contributed by atoms with van der Waals surface area (Å²) in [6, 6.07) is 11.7. The summed E-state index contributed by atoms with van der Waals surface area (Å²) < 4.78 is 6.58. The Morgan fingerprint density at radius 3 is 2.58 bits per heavy atom. The molecule has 0 aliphatic rings. The van der Waals surface area contributed by atoms with Gasteiger partial charge in [-0.1, -0.05) is 23.7 Å². The Morgan fingerprint density at radius 1 is 1.25 bits per heavy atom. The molecule has 3 aromatic rings. The minimum Gasteiger partial charge on any atom is -0.497 e. The first-order valence-corrected chi connectivity index (χ1v) is 7.43. The molecule has 0 spiro atoms. The van der Waals surface area contributed by atoms with Crippen molar-refractivity contribution in [3.8, 4) is 5.75 Å². The number of halogens is 1. The van der Waals surface area contributed by atoms with E-state index in [2.05, 4.69) is 4.98 Å². The van der Waals surface area contributed by atoms with Crippen molar-refractivity contribution < 1.29 is 14.6 Å². The SMILES string of the molecule is COc1ccc(Cn2c(=O)c(Cl)nc3cc(C(=O)O)ccc32)cc1. The zero-order valence-corrected chi connectivity index (χ0v) is 13.4. The van der Waals surface area contributed by atoms with Gasteiger partial charge in [-0.25, -0.2) is 9.78 Å². The van der Waals surface area contributed by atoms with Gasteiger partial charge in [-0.3, -0.25) is 9.36 Å². The van der Waals surface area contributed by atoms with Crippen LogP contribution in [0.15, 0.2) is 47.3 Å². The summed E-state index contributed by atoms with van der Waals surface area (Å²) in [4.78, 5) is 27.4. The van der Waals surface area contributed by atoms with E-state index in [-0.39, 0.29) is 17.3 Å². The molecule has 0 bridgehead atoms. The summed E-state index contributed by atoms with van der Waals surface area (Å²) in [6.45, 7) is 0.286. The molecule has 0 unspecified atom stereocenters. The minimum atomic E-state index is -1.07. The quantitative estimate of drug-likeness (QED) is 0.787. The number of ether oxygens (including phenoxy) is 1. The van der Waals surface area contributed by atoms with E-state index in [0.29, 0.717) is 11.0 Å². The van der Waals surface area contributed by atoms with Gasteiger partial charge in [0.15, 0.2) is 5.15 Å². The number of rotatable bonds is 4. The van der Waals surface area contributed by atoms with Crippen LogP contribution < -0.4 is 10.3 Å². The molecule has 0 aliphatic carbocycles. The third kappa shape index (κ3) is 2.96. The predicted molar refractivity (Wildman–Crippen MR) is 90.1 cm³/mol. The van der Waals surface area contributed by atoms with E-state index < -0.39 is 11.5 Å². The fourth-order valence-corrected chi connectivity index (χ4v) is 2.61. The van der Waals surface area contributed by atoms with Gasteiger partial charge >= 0.3 is 5.97 Å². The first-order valence-electron chi connectivity index (χ1n) is 7.06. The van der Waals surface area contributed by atoms with Crippen LogP contribution in [0.25, 0.3) is 11.0 Å². The highest BCUT2D eigenvalue weighted by atomic mass is 35.5. The summed E-state index contributed by atoms with van der Waals surface area (Å²) in [5.74, 6) is -0.349. The van der Waals surface area contributed by atoms with E-state index in [1.807, 2.05) is 12.1 Å². The van der Waals surface area contributed by atoms with E-state index in [4.69, 9.17) is 21.4 Å². The second kappa shape index (κ2) is 6.33. The molecular weight excluding hydrogens is 332 g/mol. The van der Waals surface area contributed by atoms with E-state index in [9.17, 15) is 9.59 Å². The summed E-state index contributed by atoms with van der Waals surface area (Å²) in [5.41, 5.74) is 1.41. The number of methoxy groups -OCH3 is 1.